The summed E-state index contributed by atoms with van der Waals surface area (Å²) in [5.41, 5.74) is 0.600. The monoisotopic (exact) mass is 480 g/mol. The van der Waals surface area contributed by atoms with Crippen molar-refractivity contribution < 1.29 is 9.90 Å². The largest absolute Gasteiger partial charge is 0.393 e. The maximum absolute atomic E-state index is 13.7. The number of nitrogens with zero attached hydrogens (tertiary/aromatic N) is 4. The van der Waals surface area contributed by atoms with Gasteiger partial charge < -0.3 is 10.0 Å². The summed E-state index contributed by atoms with van der Waals surface area (Å²) in [5, 5.41) is 10.3. The molecular formula is C29H44N4O2. The van der Waals surface area contributed by atoms with Crippen molar-refractivity contribution >= 4 is 11.7 Å². The summed E-state index contributed by atoms with van der Waals surface area (Å²) in [6.45, 7) is 9.25. The van der Waals surface area contributed by atoms with E-state index in [2.05, 4.69) is 33.6 Å². The van der Waals surface area contributed by atoms with Gasteiger partial charge in [-0.3, -0.25) is 9.69 Å². The molecule has 4 saturated carbocycles. The quantitative estimate of drug-likeness (QED) is 0.697. The number of Topliss-reactive ketones (excluding diaryl/α,β-unsaturated/α-hetero) is 1. The third-order valence-electron chi connectivity index (χ3n) is 11.6. The fourth-order valence-corrected chi connectivity index (χ4v) is 9.66. The van der Waals surface area contributed by atoms with Gasteiger partial charge in [0.2, 0.25) is 5.95 Å². The summed E-state index contributed by atoms with van der Waals surface area (Å²) in [7, 11) is 0. The number of aromatic nitrogens is 2. The zero-order valence-electron chi connectivity index (χ0n) is 21.7. The van der Waals surface area contributed by atoms with Gasteiger partial charge in [-0.25, -0.2) is 9.97 Å². The maximum atomic E-state index is 13.7. The molecule has 8 atom stereocenters. The Balaban J connectivity index is 1.09. The molecule has 6 nitrogen and oxygen atoms in total. The third-order valence-corrected chi connectivity index (χ3v) is 11.6. The first-order valence-corrected chi connectivity index (χ1v) is 14.3. The van der Waals surface area contributed by atoms with Gasteiger partial charge in [-0.2, -0.15) is 0 Å². The van der Waals surface area contributed by atoms with E-state index >= 15 is 0 Å². The second kappa shape index (κ2) is 9.09. The lowest BCUT2D eigenvalue weighted by Gasteiger charge is -2.60. The number of ketones is 1. The Labute approximate surface area is 210 Å². The molecule has 35 heavy (non-hydrogen) atoms. The van der Waals surface area contributed by atoms with Crippen LogP contribution in [0, 0.1) is 40.4 Å². The summed E-state index contributed by atoms with van der Waals surface area (Å²) >= 11 is 0. The van der Waals surface area contributed by atoms with Crippen LogP contribution < -0.4 is 4.90 Å². The van der Waals surface area contributed by atoms with Crippen molar-refractivity contribution in [3.63, 3.8) is 0 Å². The van der Waals surface area contributed by atoms with E-state index in [0.29, 0.717) is 29.6 Å². The Bertz CT molecular complexity index is 919. The molecule has 0 spiro atoms. The fourth-order valence-electron chi connectivity index (χ4n) is 9.66. The van der Waals surface area contributed by atoms with Crippen molar-refractivity contribution in [1.29, 1.82) is 0 Å². The molecule has 0 radical (unpaired) electrons. The highest BCUT2D eigenvalue weighted by Gasteiger charge is 2.61. The summed E-state index contributed by atoms with van der Waals surface area (Å²) in [6, 6.07) is 1.85. The van der Waals surface area contributed by atoms with Crippen molar-refractivity contribution in [2.75, 3.05) is 37.6 Å². The normalized spacial score (nSPS) is 43.8. The van der Waals surface area contributed by atoms with E-state index in [1.165, 1.54) is 38.5 Å². The Morgan fingerprint density at radius 2 is 1.66 bits per heavy atom. The molecule has 6 heteroatoms. The van der Waals surface area contributed by atoms with Crippen LogP contribution >= 0.6 is 0 Å². The first-order valence-electron chi connectivity index (χ1n) is 14.3. The van der Waals surface area contributed by atoms with Crippen LogP contribution in [0.1, 0.15) is 71.6 Å². The maximum Gasteiger partial charge on any atom is 0.225 e. The average molecular weight is 481 g/mol. The average Bonchev–Trinajstić information content (AvgIpc) is 3.23. The highest BCUT2D eigenvalue weighted by atomic mass is 16.3. The number of hydrogen-bond donors (Lipinski definition) is 1. The number of hydrogen-bond acceptors (Lipinski definition) is 6. The topological polar surface area (TPSA) is 69.6 Å². The van der Waals surface area contributed by atoms with Crippen LogP contribution in [0.4, 0.5) is 5.95 Å². The molecule has 0 unspecified atom stereocenters. The number of rotatable bonds is 4. The second-order valence-corrected chi connectivity index (χ2v) is 13.0. The Morgan fingerprint density at radius 1 is 0.943 bits per heavy atom. The van der Waals surface area contributed by atoms with E-state index in [-0.39, 0.29) is 17.4 Å². The number of aliphatic hydroxyl groups excluding tert-OH is 1. The van der Waals surface area contributed by atoms with Gasteiger partial charge in [0.15, 0.2) is 0 Å². The van der Waals surface area contributed by atoms with Gasteiger partial charge in [-0.1, -0.05) is 13.8 Å². The van der Waals surface area contributed by atoms with Gasteiger partial charge >= 0.3 is 0 Å². The van der Waals surface area contributed by atoms with Crippen molar-refractivity contribution in [2.24, 2.45) is 40.4 Å². The number of fused-ring (bicyclic) bond motifs is 5. The van der Waals surface area contributed by atoms with Crippen molar-refractivity contribution in [2.45, 2.75) is 77.7 Å². The van der Waals surface area contributed by atoms with Crippen LogP contribution in [-0.2, 0) is 4.79 Å². The molecule has 6 rings (SSSR count). The Morgan fingerprint density at radius 3 is 2.43 bits per heavy atom. The van der Waals surface area contributed by atoms with E-state index in [9.17, 15) is 9.90 Å². The molecule has 0 aromatic carbocycles. The Kier molecular flexibility index (Phi) is 6.19. The van der Waals surface area contributed by atoms with E-state index in [1.54, 1.807) is 12.4 Å². The number of carbonyl (C=O) groups excluding carboxylic acids is 1. The zero-order chi connectivity index (χ0) is 24.2. The van der Waals surface area contributed by atoms with Gasteiger partial charge in [0, 0.05) is 44.5 Å². The van der Waals surface area contributed by atoms with Gasteiger partial charge in [0.25, 0.3) is 0 Å². The lowest BCUT2D eigenvalue weighted by Crippen LogP contribution is -2.55. The molecule has 5 fully saturated rings. The van der Waals surface area contributed by atoms with E-state index in [4.69, 9.17) is 0 Å². The molecule has 1 aromatic rings. The lowest BCUT2D eigenvalue weighted by molar-refractivity contribution is -0.140. The molecule has 192 valence electrons. The van der Waals surface area contributed by atoms with Gasteiger partial charge in [0.05, 0.1) is 12.6 Å². The predicted octanol–water partition coefficient (Wildman–Crippen LogP) is 4.19. The molecule has 1 aliphatic heterocycles. The van der Waals surface area contributed by atoms with Crippen LogP contribution in [0.15, 0.2) is 18.5 Å². The van der Waals surface area contributed by atoms with Gasteiger partial charge in [-0.05, 0) is 98.4 Å². The summed E-state index contributed by atoms with van der Waals surface area (Å²) in [6.07, 6.45) is 14.2. The van der Waals surface area contributed by atoms with Crippen molar-refractivity contribution in [3.05, 3.63) is 18.5 Å². The van der Waals surface area contributed by atoms with E-state index < -0.39 is 0 Å². The van der Waals surface area contributed by atoms with Crippen LogP contribution in [0.3, 0.4) is 0 Å². The summed E-state index contributed by atoms with van der Waals surface area (Å²) in [5.74, 6) is 4.55. The standard InChI is InChI=1S/C29H44N4O2/c1-28-10-8-21(34)18-20(28)4-5-22-23-6-7-25(29(23,2)11-9-24(22)28)26(35)19-32-14-16-33(17-15-32)27-30-12-3-13-31-27/h3,12-13,20-25,34H,4-11,14-19H2,1-2H3/t20-,21-,22+,23+,24+,25-,28+,29+/m1/s1. The highest BCUT2D eigenvalue weighted by Crippen LogP contribution is 2.67. The van der Waals surface area contributed by atoms with E-state index in [1.807, 2.05) is 6.07 Å². The van der Waals surface area contributed by atoms with Crippen LogP contribution in [0.2, 0.25) is 0 Å². The van der Waals surface area contributed by atoms with E-state index in [0.717, 1.165) is 63.2 Å². The smallest absolute Gasteiger partial charge is 0.225 e. The minimum atomic E-state index is -0.0750. The number of aliphatic hydroxyl groups is 1. The first-order chi connectivity index (χ1) is 16.9. The summed E-state index contributed by atoms with van der Waals surface area (Å²) in [4.78, 5) is 27.1. The van der Waals surface area contributed by atoms with Crippen LogP contribution in [0.5, 0.6) is 0 Å². The molecule has 1 N–H and O–H groups in total. The van der Waals surface area contributed by atoms with Crippen molar-refractivity contribution in [3.8, 4) is 0 Å². The molecule has 1 aromatic heterocycles. The first kappa shape index (κ1) is 23.8. The molecule has 1 saturated heterocycles. The highest BCUT2D eigenvalue weighted by molar-refractivity contribution is 5.84. The van der Waals surface area contributed by atoms with Crippen LogP contribution in [0.25, 0.3) is 0 Å². The molecule has 0 bridgehead atoms. The van der Waals surface area contributed by atoms with Crippen molar-refractivity contribution in [1.82, 2.24) is 14.9 Å². The van der Waals surface area contributed by atoms with Gasteiger partial charge in [0.1, 0.15) is 5.78 Å². The lowest BCUT2D eigenvalue weighted by atomic mass is 9.44. The second-order valence-electron chi connectivity index (χ2n) is 13.0. The Hall–Kier alpha value is -1.53. The minimum Gasteiger partial charge on any atom is -0.393 e. The number of piperazine rings is 1. The fraction of sp³-hybridized carbons (Fsp3) is 0.828. The minimum absolute atomic E-state index is 0.0750. The molecular weight excluding hydrogens is 436 g/mol. The molecule has 0 amide bonds. The third kappa shape index (κ3) is 4.03. The SMILES string of the molecule is C[C@]12CC[C@@H](O)C[C@H]1CC[C@@H]1[C@@H]2CC[C@]2(C)[C@@H](C(=O)CN3CCN(c4ncccn4)CC3)CC[C@@H]12. The predicted molar refractivity (Wildman–Crippen MR) is 137 cm³/mol. The van der Waals surface area contributed by atoms with Crippen LogP contribution in [-0.4, -0.2) is 64.6 Å². The molecule has 5 aliphatic rings. The van der Waals surface area contributed by atoms with Gasteiger partial charge in [-0.15, -0.1) is 0 Å². The number of carbonyl (C=O) groups is 1. The number of anilines is 1. The summed E-state index contributed by atoms with van der Waals surface area (Å²) < 4.78 is 0. The molecule has 2 heterocycles. The zero-order valence-corrected chi connectivity index (χ0v) is 21.7. The molecule has 4 aliphatic carbocycles.